The van der Waals surface area contributed by atoms with Crippen LogP contribution in [-0.2, 0) is 9.59 Å². The normalized spacial score (nSPS) is 11.4. The summed E-state index contributed by atoms with van der Waals surface area (Å²) >= 11 is 0. The molecule has 0 saturated heterocycles. The van der Waals surface area contributed by atoms with Crippen LogP contribution in [0.4, 0.5) is 0 Å². The number of hydrogen-bond acceptors (Lipinski definition) is 4. The number of hydrogen-bond donors (Lipinski definition) is 1. The van der Waals surface area contributed by atoms with Crippen molar-refractivity contribution in [3.63, 3.8) is 0 Å². The SMILES string of the molecule is CC(=O)N[C@@H](CC(=O)Oc1ccc(C(C)=O)cc1)c1ccccc1. The first-order valence-corrected chi connectivity index (χ1v) is 7.59. The van der Waals surface area contributed by atoms with Gasteiger partial charge >= 0.3 is 5.97 Å². The highest BCUT2D eigenvalue weighted by Gasteiger charge is 2.18. The van der Waals surface area contributed by atoms with Crippen molar-refractivity contribution in [2.75, 3.05) is 0 Å². The lowest BCUT2D eigenvalue weighted by Gasteiger charge is -2.17. The van der Waals surface area contributed by atoms with Gasteiger partial charge in [0, 0.05) is 12.5 Å². The first-order valence-electron chi connectivity index (χ1n) is 7.59. The van der Waals surface area contributed by atoms with Crippen molar-refractivity contribution >= 4 is 17.7 Å². The topological polar surface area (TPSA) is 72.5 Å². The number of ketones is 1. The summed E-state index contributed by atoms with van der Waals surface area (Å²) in [5.41, 5.74) is 1.38. The van der Waals surface area contributed by atoms with Crippen molar-refractivity contribution in [2.24, 2.45) is 0 Å². The van der Waals surface area contributed by atoms with E-state index in [4.69, 9.17) is 4.74 Å². The molecule has 0 aromatic heterocycles. The van der Waals surface area contributed by atoms with Gasteiger partial charge in [0.2, 0.25) is 5.91 Å². The highest BCUT2D eigenvalue weighted by Crippen LogP contribution is 2.19. The molecule has 5 nitrogen and oxygen atoms in total. The van der Waals surface area contributed by atoms with Crippen LogP contribution in [0.2, 0.25) is 0 Å². The Labute approximate surface area is 140 Å². The number of benzene rings is 2. The fraction of sp³-hybridized carbons (Fsp3) is 0.211. The van der Waals surface area contributed by atoms with Crippen LogP contribution < -0.4 is 10.1 Å². The first-order chi connectivity index (χ1) is 11.5. The van der Waals surface area contributed by atoms with E-state index in [1.807, 2.05) is 30.3 Å². The van der Waals surface area contributed by atoms with Crippen molar-refractivity contribution in [3.8, 4) is 5.75 Å². The van der Waals surface area contributed by atoms with Gasteiger partial charge in [-0.3, -0.25) is 14.4 Å². The summed E-state index contributed by atoms with van der Waals surface area (Å²) in [5.74, 6) is -0.377. The smallest absolute Gasteiger partial charge is 0.313 e. The number of carbonyl (C=O) groups is 3. The van der Waals surface area contributed by atoms with Crippen molar-refractivity contribution < 1.29 is 19.1 Å². The van der Waals surface area contributed by atoms with Gasteiger partial charge in [-0.15, -0.1) is 0 Å². The molecule has 0 heterocycles. The first kappa shape index (κ1) is 17.4. The number of ether oxygens (including phenoxy) is 1. The molecule has 0 spiro atoms. The van der Waals surface area contributed by atoms with Gasteiger partial charge in [0.15, 0.2) is 5.78 Å². The van der Waals surface area contributed by atoms with Gasteiger partial charge in [-0.25, -0.2) is 0 Å². The number of carbonyl (C=O) groups excluding carboxylic acids is 3. The summed E-state index contributed by atoms with van der Waals surface area (Å²) in [6.45, 7) is 2.88. The molecule has 1 amide bonds. The summed E-state index contributed by atoms with van der Waals surface area (Å²) in [7, 11) is 0. The Morgan fingerprint density at radius 3 is 2.12 bits per heavy atom. The zero-order chi connectivity index (χ0) is 17.5. The van der Waals surface area contributed by atoms with Gasteiger partial charge in [0.05, 0.1) is 12.5 Å². The molecule has 0 aliphatic rings. The van der Waals surface area contributed by atoms with Crippen molar-refractivity contribution in [1.82, 2.24) is 5.32 Å². The van der Waals surface area contributed by atoms with Crippen LogP contribution in [-0.4, -0.2) is 17.7 Å². The minimum absolute atomic E-state index is 0.0120. The van der Waals surface area contributed by atoms with E-state index in [2.05, 4.69) is 5.32 Å². The third kappa shape index (κ3) is 5.05. The average molecular weight is 325 g/mol. The molecule has 5 heteroatoms. The van der Waals surface area contributed by atoms with Crippen LogP contribution in [0.5, 0.6) is 5.75 Å². The molecular weight excluding hydrogens is 306 g/mol. The number of amides is 1. The molecule has 0 aliphatic heterocycles. The predicted octanol–water partition coefficient (Wildman–Crippen LogP) is 3.06. The Balaban J connectivity index is 2.04. The Morgan fingerprint density at radius 2 is 1.58 bits per heavy atom. The van der Waals surface area contributed by atoms with Crippen LogP contribution in [0.25, 0.3) is 0 Å². The van der Waals surface area contributed by atoms with E-state index >= 15 is 0 Å². The van der Waals surface area contributed by atoms with Crippen molar-refractivity contribution in [3.05, 3.63) is 65.7 Å². The maximum atomic E-state index is 12.2. The van der Waals surface area contributed by atoms with E-state index in [0.29, 0.717) is 11.3 Å². The van der Waals surface area contributed by atoms with Crippen LogP contribution >= 0.6 is 0 Å². The molecule has 1 atom stereocenters. The van der Waals surface area contributed by atoms with Crippen LogP contribution in [0, 0.1) is 0 Å². The Morgan fingerprint density at radius 1 is 0.958 bits per heavy atom. The largest absolute Gasteiger partial charge is 0.426 e. The summed E-state index contributed by atoms with van der Waals surface area (Å²) < 4.78 is 5.28. The van der Waals surface area contributed by atoms with Crippen LogP contribution in [0.15, 0.2) is 54.6 Å². The zero-order valence-electron chi connectivity index (χ0n) is 13.6. The Bertz CT molecular complexity index is 723. The molecule has 2 rings (SSSR count). The fourth-order valence-electron chi connectivity index (χ4n) is 2.28. The third-order valence-corrected chi connectivity index (χ3v) is 3.44. The highest BCUT2D eigenvalue weighted by molar-refractivity contribution is 5.94. The monoisotopic (exact) mass is 325 g/mol. The maximum Gasteiger partial charge on any atom is 0.313 e. The molecule has 0 radical (unpaired) electrons. The number of nitrogens with one attached hydrogen (secondary N) is 1. The van der Waals surface area contributed by atoms with Gasteiger partial charge in [-0.05, 0) is 36.8 Å². The van der Waals surface area contributed by atoms with E-state index in [1.54, 1.807) is 24.3 Å². The molecule has 124 valence electrons. The molecule has 0 fully saturated rings. The molecule has 1 N–H and O–H groups in total. The van der Waals surface area contributed by atoms with E-state index in [-0.39, 0.29) is 18.1 Å². The fourth-order valence-corrected chi connectivity index (χ4v) is 2.28. The molecule has 0 aliphatic carbocycles. The summed E-state index contributed by atoms with van der Waals surface area (Å²) in [6, 6.07) is 15.1. The lowest BCUT2D eigenvalue weighted by atomic mass is 10.0. The van der Waals surface area contributed by atoms with Gasteiger partial charge < -0.3 is 10.1 Å². The molecule has 2 aromatic carbocycles. The maximum absolute atomic E-state index is 12.2. The van der Waals surface area contributed by atoms with Gasteiger partial charge in [0.1, 0.15) is 5.75 Å². The van der Waals surface area contributed by atoms with Gasteiger partial charge in [-0.1, -0.05) is 30.3 Å². The minimum Gasteiger partial charge on any atom is -0.426 e. The highest BCUT2D eigenvalue weighted by atomic mass is 16.5. The molecule has 0 saturated carbocycles. The van der Waals surface area contributed by atoms with E-state index in [9.17, 15) is 14.4 Å². The third-order valence-electron chi connectivity index (χ3n) is 3.44. The quantitative estimate of drug-likeness (QED) is 0.503. The molecular formula is C19H19NO4. The van der Waals surface area contributed by atoms with E-state index in [0.717, 1.165) is 5.56 Å². The molecule has 0 unspecified atom stereocenters. The number of esters is 1. The molecule has 24 heavy (non-hydrogen) atoms. The van der Waals surface area contributed by atoms with E-state index in [1.165, 1.54) is 13.8 Å². The van der Waals surface area contributed by atoms with Crippen LogP contribution in [0.3, 0.4) is 0 Å². The second kappa shape index (κ2) is 8.06. The second-order valence-corrected chi connectivity index (χ2v) is 5.42. The van der Waals surface area contributed by atoms with Gasteiger partial charge in [-0.2, -0.15) is 0 Å². The Hall–Kier alpha value is -2.95. The second-order valence-electron chi connectivity index (χ2n) is 5.42. The standard InChI is InChI=1S/C19H19NO4/c1-13(21)15-8-10-17(11-9-15)24-19(23)12-18(20-14(2)22)16-6-4-3-5-7-16/h3-11,18H,12H2,1-2H3,(H,20,22)/t18-/m0/s1. The predicted molar refractivity (Wildman–Crippen MR) is 89.7 cm³/mol. The summed E-state index contributed by atoms with van der Waals surface area (Å²) in [5, 5.41) is 2.75. The Kier molecular flexibility index (Phi) is 5.84. The molecule has 0 bridgehead atoms. The summed E-state index contributed by atoms with van der Waals surface area (Å²) in [6.07, 6.45) is 0.0120. The van der Waals surface area contributed by atoms with Crippen molar-refractivity contribution in [2.45, 2.75) is 26.3 Å². The zero-order valence-corrected chi connectivity index (χ0v) is 13.6. The summed E-state index contributed by atoms with van der Waals surface area (Å²) in [4.78, 5) is 34.8. The average Bonchev–Trinajstić information content (AvgIpc) is 2.55. The van der Waals surface area contributed by atoms with E-state index < -0.39 is 12.0 Å². The molecule has 2 aromatic rings. The lowest BCUT2D eigenvalue weighted by Crippen LogP contribution is -2.29. The number of Topliss-reactive ketones (excluding diaryl/α,β-unsaturated/α-hetero) is 1. The minimum atomic E-state index is -0.465. The lowest BCUT2D eigenvalue weighted by molar-refractivity contribution is -0.135. The van der Waals surface area contributed by atoms with Gasteiger partial charge in [0.25, 0.3) is 0 Å². The van der Waals surface area contributed by atoms with Crippen LogP contribution in [0.1, 0.15) is 42.2 Å². The van der Waals surface area contributed by atoms with Crippen molar-refractivity contribution in [1.29, 1.82) is 0 Å². The number of rotatable bonds is 6.